The molecule has 2 rings (SSSR count). The van der Waals surface area contributed by atoms with Crippen LogP contribution in [0.25, 0.3) is 5.57 Å². The lowest BCUT2D eigenvalue weighted by Gasteiger charge is -2.40. The monoisotopic (exact) mass is 314 g/mol. The summed E-state index contributed by atoms with van der Waals surface area (Å²) in [5.41, 5.74) is 2.82. The van der Waals surface area contributed by atoms with Crippen LogP contribution in [0.1, 0.15) is 39.7 Å². The fourth-order valence-electron chi connectivity index (χ4n) is 2.46. The molecule has 0 aliphatic heterocycles. The Bertz CT molecular complexity index is 563. The Labute approximate surface area is 137 Å². The summed E-state index contributed by atoms with van der Waals surface area (Å²) in [6.07, 6.45) is 7.79. The maximum absolute atomic E-state index is 6.48. The standard InChI is InChI=1S/C20H30OSi/c1-19(2,3)22(5,6)21-16-20(4)14-10-13-18(15-20)17-11-8-7-9-12-17/h7-14H,15-16H2,1-6H3. The van der Waals surface area contributed by atoms with Gasteiger partial charge in [0.1, 0.15) is 0 Å². The van der Waals surface area contributed by atoms with Crippen molar-refractivity contribution in [2.45, 2.75) is 52.2 Å². The minimum absolute atomic E-state index is 0.0927. The second kappa shape index (κ2) is 6.17. The molecule has 1 nitrogen and oxygen atoms in total. The summed E-state index contributed by atoms with van der Waals surface area (Å²) in [4.78, 5) is 0. The SMILES string of the molecule is CC1(CO[Si](C)(C)C(C)(C)C)C=CC=C(c2ccccc2)C1. The molecule has 0 aromatic heterocycles. The molecule has 1 aromatic rings. The maximum Gasteiger partial charge on any atom is 0.192 e. The van der Waals surface area contributed by atoms with Gasteiger partial charge in [0, 0.05) is 12.0 Å². The van der Waals surface area contributed by atoms with Crippen LogP contribution in [0.3, 0.4) is 0 Å². The summed E-state index contributed by atoms with van der Waals surface area (Å²) in [7, 11) is -1.69. The van der Waals surface area contributed by atoms with Crippen LogP contribution in [0.4, 0.5) is 0 Å². The predicted octanol–water partition coefficient (Wildman–Crippen LogP) is 6.06. The van der Waals surface area contributed by atoms with Crippen molar-refractivity contribution in [3.8, 4) is 0 Å². The van der Waals surface area contributed by atoms with E-state index in [0.717, 1.165) is 13.0 Å². The van der Waals surface area contributed by atoms with Gasteiger partial charge >= 0.3 is 0 Å². The molecule has 1 aromatic carbocycles. The Hall–Kier alpha value is -1.12. The van der Waals surface area contributed by atoms with E-state index in [4.69, 9.17) is 4.43 Å². The normalized spacial score (nSPS) is 22.5. The second-order valence-electron chi connectivity index (χ2n) is 8.30. The highest BCUT2D eigenvalue weighted by Crippen LogP contribution is 2.41. The van der Waals surface area contributed by atoms with Crippen LogP contribution in [0.15, 0.2) is 48.6 Å². The van der Waals surface area contributed by atoms with Crippen LogP contribution in [0.5, 0.6) is 0 Å². The van der Waals surface area contributed by atoms with Gasteiger partial charge in [-0.3, -0.25) is 0 Å². The summed E-state index contributed by atoms with van der Waals surface area (Å²) >= 11 is 0. The third kappa shape index (κ3) is 3.99. The minimum atomic E-state index is -1.69. The van der Waals surface area contributed by atoms with Gasteiger partial charge in [-0.15, -0.1) is 0 Å². The quantitative estimate of drug-likeness (QED) is 0.614. The summed E-state index contributed by atoms with van der Waals surface area (Å²) in [5, 5.41) is 0.264. The summed E-state index contributed by atoms with van der Waals surface area (Å²) in [5.74, 6) is 0. The van der Waals surface area contributed by atoms with E-state index in [-0.39, 0.29) is 10.5 Å². The summed E-state index contributed by atoms with van der Waals surface area (Å²) < 4.78 is 6.48. The molecule has 0 N–H and O–H groups in total. The number of hydrogen-bond acceptors (Lipinski definition) is 1. The zero-order valence-electron chi connectivity index (χ0n) is 14.9. The third-order valence-corrected chi connectivity index (χ3v) is 9.58. The molecule has 1 unspecified atom stereocenters. The highest BCUT2D eigenvalue weighted by atomic mass is 28.4. The van der Waals surface area contributed by atoms with Crippen LogP contribution in [-0.4, -0.2) is 14.9 Å². The van der Waals surface area contributed by atoms with Gasteiger partial charge in [-0.25, -0.2) is 0 Å². The van der Waals surface area contributed by atoms with Gasteiger partial charge in [0.2, 0.25) is 0 Å². The highest BCUT2D eigenvalue weighted by Gasteiger charge is 2.39. The third-order valence-electron chi connectivity index (χ3n) is 5.10. The average molecular weight is 315 g/mol. The Morgan fingerprint density at radius 2 is 1.77 bits per heavy atom. The van der Waals surface area contributed by atoms with Gasteiger partial charge < -0.3 is 4.43 Å². The molecule has 0 amide bonds. The van der Waals surface area contributed by atoms with Crippen molar-refractivity contribution in [3.05, 3.63) is 54.1 Å². The Balaban J connectivity index is 2.07. The minimum Gasteiger partial charge on any atom is -0.416 e. The van der Waals surface area contributed by atoms with E-state index in [9.17, 15) is 0 Å². The van der Waals surface area contributed by atoms with Gasteiger partial charge in [0.25, 0.3) is 0 Å². The van der Waals surface area contributed by atoms with E-state index in [2.05, 4.69) is 89.3 Å². The number of rotatable bonds is 4. The van der Waals surface area contributed by atoms with Crippen LogP contribution < -0.4 is 0 Å². The first-order chi connectivity index (χ1) is 10.1. The molecule has 22 heavy (non-hydrogen) atoms. The van der Waals surface area contributed by atoms with E-state index < -0.39 is 8.32 Å². The fraction of sp³-hybridized carbons (Fsp3) is 0.500. The topological polar surface area (TPSA) is 9.23 Å². The summed E-state index contributed by atoms with van der Waals surface area (Å²) in [6, 6.07) is 10.7. The molecule has 2 heteroatoms. The average Bonchev–Trinajstić information content (AvgIpc) is 2.45. The molecule has 0 spiro atoms. The zero-order valence-corrected chi connectivity index (χ0v) is 15.9. The zero-order chi connectivity index (χ0) is 16.4. The summed E-state index contributed by atoms with van der Waals surface area (Å²) in [6.45, 7) is 14.7. The van der Waals surface area contributed by atoms with Crippen molar-refractivity contribution in [1.82, 2.24) is 0 Å². The van der Waals surface area contributed by atoms with Crippen molar-refractivity contribution in [1.29, 1.82) is 0 Å². The predicted molar refractivity (Wildman–Crippen MR) is 99.4 cm³/mol. The van der Waals surface area contributed by atoms with E-state index in [0.29, 0.717) is 0 Å². The van der Waals surface area contributed by atoms with Crippen molar-refractivity contribution in [3.63, 3.8) is 0 Å². The lowest BCUT2D eigenvalue weighted by molar-refractivity contribution is 0.191. The Morgan fingerprint density at radius 1 is 1.14 bits per heavy atom. The van der Waals surface area contributed by atoms with Crippen LogP contribution in [0, 0.1) is 5.41 Å². The Morgan fingerprint density at radius 3 is 2.36 bits per heavy atom. The molecule has 0 bridgehead atoms. The van der Waals surface area contributed by atoms with Gasteiger partial charge in [-0.2, -0.15) is 0 Å². The van der Waals surface area contributed by atoms with Crippen molar-refractivity contribution in [2.75, 3.05) is 6.61 Å². The molecule has 0 saturated carbocycles. The molecular weight excluding hydrogens is 284 g/mol. The van der Waals surface area contributed by atoms with Gasteiger partial charge in [0.15, 0.2) is 8.32 Å². The smallest absolute Gasteiger partial charge is 0.192 e. The molecular formula is C20H30OSi. The van der Waals surface area contributed by atoms with Crippen molar-refractivity contribution < 1.29 is 4.43 Å². The second-order valence-corrected chi connectivity index (χ2v) is 13.1. The van der Waals surface area contributed by atoms with Gasteiger partial charge in [0.05, 0.1) is 0 Å². The van der Waals surface area contributed by atoms with E-state index in [1.807, 2.05) is 0 Å². The van der Waals surface area contributed by atoms with Crippen LogP contribution in [0.2, 0.25) is 18.1 Å². The molecule has 1 atom stereocenters. The van der Waals surface area contributed by atoms with Crippen LogP contribution in [-0.2, 0) is 4.43 Å². The molecule has 1 aliphatic rings. The number of allylic oxidation sites excluding steroid dienone is 3. The molecule has 0 saturated heterocycles. The van der Waals surface area contributed by atoms with E-state index in [1.165, 1.54) is 11.1 Å². The molecule has 0 fully saturated rings. The number of benzene rings is 1. The molecule has 120 valence electrons. The van der Waals surface area contributed by atoms with Crippen molar-refractivity contribution in [2.24, 2.45) is 5.41 Å². The lowest BCUT2D eigenvalue weighted by atomic mass is 9.79. The molecule has 0 heterocycles. The van der Waals surface area contributed by atoms with Crippen molar-refractivity contribution >= 4 is 13.9 Å². The Kier molecular flexibility index (Phi) is 4.83. The van der Waals surface area contributed by atoms with Gasteiger partial charge in [-0.05, 0) is 35.7 Å². The van der Waals surface area contributed by atoms with Crippen LogP contribution >= 0.6 is 0 Å². The lowest BCUT2D eigenvalue weighted by Crippen LogP contribution is -2.43. The van der Waals surface area contributed by atoms with E-state index in [1.54, 1.807) is 0 Å². The number of hydrogen-bond donors (Lipinski definition) is 0. The van der Waals surface area contributed by atoms with E-state index >= 15 is 0 Å². The molecule has 0 radical (unpaired) electrons. The molecule has 1 aliphatic carbocycles. The fourth-order valence-corrected chi connectivity index (χ4v) is 3.58. The first-order valence-corrected chi connectivity index (χ1v) is 11.1. The highest BCUT2D eigenvalue weighted by molar-refractivity contribution is 6.74. The van der Waals surface area contributed by atoms with Gasteiger partial charge in [-0.1, -0.05) is 76.3 Å². The maximum atomic E-state index is 6.48. The first kappa shape index (κ1) is 17.2. The largest absolute Gasteiger partial charge is 0.416 e. The first-order valence-electron chi connectivity index (χ1n) is 8.21.